The third-order valence-corrected chi connectivity index (χ3v) is 15.9. The van der Waals surface area contributed by atoms with Gasteiger partial charge in [0, 0.05) is 65.8 Å². The van der Waals surface area contributed by atoms with E-state index in [0.717, 1.165) is 138 Å². The van der Waals surface area contributed by atoms with Crippen molar-refractivity contribution in [3.63, 3.8) is 0 Å². The summed E-state index contributed by atoms with van der Waals surface area (Å²) >= 11 is 0. The zero-order valence-corrected chi connectivity index (χ0v) is 38.4. The highest BCUT2D eigenvalue weighted by atomic mass is 16.5. The normalized spacial score (nSPS) is 19.6. The Balaban J connectivity index is 0.835. The largest absolute Gasteiger partial charge is 0.457 e. The molecule has 2 aliphatic carbocycles. The fourth-order valence-corrected chi connectivity index (χ4v) is 11.9. The van der Waals surface area contributed by atoms with Crippen LogP contribution in [0.3, 0.4) is 0 Å². The van der Waals surface area contributed by atoms with Crippen molar-refractivity contribution < 1.29 is 23.4 Å². The first-order valence-corrected chi connectivity index (χ1v) is 23.3. The second kappa shape index (κ2) is 13.0. The summed E-state index contributed by atoms with van der Waals surface area (Å²) in [6.07, 6.45) is 12.9. The maximum absolute atomic E-state index is 6.76. The fraction of sp³-hybridized carbons (Fsp3) is 0.267. The fourth-order valence-electron chi connectivity index (χ4n) is 11.9. The van der Waals surface area contributed by atoms with Gasteiger partial charge in [-0.25, -0.2) is 0 Å². The molecule has 13 rings (SSSR count). The maximum atomic E-state index is 6.76. The van der Waals surface area contributed by atoms with Gasteiger partial charge >= 0.3 is 0 Å². The van der Waals surface area contributed by atoms with Crippen LogP contribution in [0.2, 0.25) is 0 Å². The Morgan fingerprint density at radius 1 is 0.354 bits per heavy atom. The topological polar surface area (TPSA) is 50.1 Å². The van der Waals surface area contributed by atoms with E-state index in [4.69, 9.17) is 23.4 Å². The van der Waals surface area contributed by atoms with Gasteiger partial charge in [0.2, 0.25) is 0 Å². The van der Waals surface area contributed by atoms with Crippen molar-refractivity contribution in [2.45, 2.75) is 103 Å². The van der Waals surface area contributed by atoms with E-state index in [1.54, 1.807) is 0 Å². The van der Waals surface area contributed by atoms with Crippen LogP contribution in [-0.2, 0) is 21.7 Å². The molecular formula is C60H52O5. The van der Waals surface area contributed by atoms with E-state index in [1.807, 2.05) is 0 Å². The molecule has 0 radical (unpaired) electrons. The van der Waals surface area contributed by atoms with Gasteiger partial charge in [0.25, 0.3) is 0 Å². The quantitative estimate of drug-likeness (QED) is 0.173. The average molecular weight is 853 g/mol. The van der Waals surface area contributed by atoms with Crippen molar-refractivity contribution in [3.05, 3.63) is 177 Å². The van der Waals surface area contributed by atoms with Crippen LogP contribution >= 0.6 is 0 Å². The Labute approximate surface area is 380 Å². The van der Waals surface area contributed by atoms with Crippen molar-refractivity contribution in [2.24, 2.45) is 0 Å². The molecule has 5 heteroatoms. The zero-order valence-electron chi connectivity index (χ0n) is 38.4. The van der Waals surface area contributed by atoms with Crippen LogP contribution in [0.1, 0.15) is 114 Å². The summed E-state index contributed by atoms with van der Waals surface area (Å²) in [7, 11) is 0. The van der Waals surface area contributed by atoms with Crippen LogP contribution in [0.25, 0.3) is 44.2 Å². The number of benzene rings is 6. The minimum absolute atomic E-state index is 0.138. The van der Waals surface area contributed by atoms with Crippen molar-refractivity contribution in [2.75, 3.05) is 0 Å². The van der Waals surface area contributed by atoms with Gasteiger partial charge in [-0.2, -0.15) is 0 Å². The van der Waals surface area contributed by atoms with Crippen LogP contribution in [0.15, 0.2) is 148 Å². The van der Waals surface area contributed by atoms with Crippen LogP contribution < -0.4 is 18.9 Å². The Bertz CT molecular complexity index is 3200. The number of hydrogen-bond donors (Lipinski definition) is 0. The van der Waals surface area contributed by atoms with E-state index in [9.17, 15) is 0 Å². The Kier molecular flexibility index (Phi) is 7.72. The monoisotopic (exact) mass is 852 g/mol. The molecule has 7 aromatic rings. The molecule has 322 valence electrons. The second-order valence-electron chi connectivity index (χ2n) is 21.1. The summed E-state index contributed by atoms with van der Waals surface area (Å²) in [5.41, 5.74) is 15.0. The van der Waals surface area contributed by atoms with Gasteiger partial charge in [0.05, 0.1) is 0 Å². The van der Waals surface area contributed by atoms with Crippen molar-refractivity contribution >= 4 is 21.9 Å². The van der Waals surface area contributed by atoms with Gasteiger partial charge in [0.15, 0.2) is 0 Å². The van der Waals surface area contributed by atoms with Gasteiger partial charge in [-0.15, -0.1) is 0 Å². The standard InChI is InChI=1S/C60H52O5/c1-57(2)39-13-9-11-15-49(39)62-53-31-45-55(29-43(53)57)64-51-23-19-35(27-41(51)59(45,5)6)33-17-21-47-37(25-33)38-26-34(18-22-48(38)61-47)36-20-24-52-42(28-36)60(7,8)46-32-54-44(30-56(46)65-52)58(3,4)40-14-10-12-16-50(40)63-54/h11-12,15-32H,9-10,13-14H2,1-8H3. The van der Waals surface area contributed by atoms with E-state index in [2.05, 4.69) is 177 Å². The van der Waals surface area contributed by atoms with Gasteiger partial charge in [-0.05, 0) is 144 Å². The number of allylic oxidation sites excluding steroid dienone is 6. The maximum Gasteiger partial charge on any atom is 0.135 e. The van der Waals surface area contributed by atoms with Crippen molar-refractivity contribution in [3.8, 4) is 56.8 Å². The summed E-state index contributed by atoms with van der Waals surface area (Å²) in [4.78, 5) is 0. The predicted molar refractivity (Wildman–Crippen MR) is 260 cm³/mol. The molecule has 0 fully saturated rings. The van der Waals surface area contributed by atoms with E-state index in [0.29, 0.717) is 0 Å². The number of hydrogen-bond acceptors (Lipinski definition) is 5. The molecule has 0 saturated carbocycles. The van der Waals surface area contributed by atoms with Gasteiger partial charge in [-0.1, -0.05) is 91.8 Å². The first-order valence-electron chi connectivity index (χ1n) is 23.3. The number of rotatable bonds is 2. The van der Waals surface area contributed by atoms with Gasteiger partial charge in [0.1, 0.15) is 57.2 Å². The highest BCUT2D eigenvalue weighted by Crippen LogP contribution is 2.57. The third kappa shape index (κ3) is 5.45. The molecule has 0 bridgehead atoms. The summed E-state index contributed by atoms with van der Waals surface area (Å²) < 4.78 is 33.2. The molecule has 5 nitrogen and oxygen atoms in total. The number of furan rings is 1. The van der Waals surface area contributed by atoms with E-state index in [1.165, 1.54) is 22.3 Å². The van der Waals surface area contributed by atoms with Gasteiger partial charge < -0.3 is 23.4 Å². The summed E-state index contributed by atoms with van der Waals surface area (Å²) in [6, 6.07) is 35.3. The first kappa shape index (κ1) is 38.7. The highest BCUT2D eigenvalue weighted by Gasteiger charge is 2.43. The molecule has 4 aliphatic heterocycles. The second-order valence-corrected chi connectivity index (χ2v) is 21.1. The SMILES string of the molecule is CC1(C)C2=C(C=CCC2)Oc2cc3c(cc21)Oc1ccc(-c2ccc4oc5ccc(-c6ccc7c(c6)C(C)(C)c6cc8c(cc6O7)C(C)(C)C6=C(C=CCC6)O8)cc5c4c2)cc1C3(C)C. The molecule has 6 aliphatic rings. The molecule has 0 spiro atoms. The molecule has 5 heterocycles. The number of ether oxygens (including phenoxy) is 4. The molecule has 0 atom stereocenters. The van der Waals surface area contributed by atoms with E-state index < -0.39 is 0 Å². The molecule has 65 heavy (non-hydrogen) atoms. The number of fused-ring (bicyclic) bond motifs is 9. The highest BCUT2D eigenvalue weighted by molar-refractivity contribution is 6.07. The smallest absolute Gasteiger partial charge is 0.135 e. The minimum atomic E-state index is -0.324. The van der Waals surface area contributed by atoms with E-state index >= 15 is 0 Å². The first-order chi connectivity index (χ1) is 31.2. The lowest BCUT2D eigenvalue weighted by atomic mass is 9.70. The lowest BCUT2D eigenvalue weighted by molar-refractivity contribution is 0.362. The average Bonchev–Trinajstić information content (AvgIpc) is 3.66. The molecule has 0 unspecified atom stereocenters. The van der Waals surface area contributed by atoms with Crippen LogP contribution in [0.5, 0.6) is 34.5 Å². The van der Waals surface area contributed by atoms with Crippen LogP contribution in [0.4, 0.5) is 0 Å². The molecule has 6 aromatic carbocycles. The molecular weight excluding hydrogens is 801 g/mol. The minimum Gasteiger partial charge on any atom is -0.457 e. The predicted octanol–water partition coefficient (Wildman–Crippen LogP) is 16.3. The zero-order chi connectivity index (χ0) is 44.4. The Morgan fingerprint density at radius 2 is 0.708 bits per heavy atom. The lowest BCUT2D eigenvalue weighted by Crippen LogP contribution is -2.30. The van der Waals surface area contributed by atoms with Crippen LogP contribution in [0, 0.1) is 0 Å². The third-order valence-electron chi connectivity index (χ3n) is 15.9. The summed E-state index contributed by atoms with van der Waals surface area (Å²) in [5.74, 6) is 7.47. The molecule has 0 amide bonds. The molecule has 1 aromatic heterocycles. The Hall–Kier alpha value is -6.72. The molecule has 0 N–H and O–H groups in total. The van der Waals surface area contributed by atoms with Crippen molar-refractivity contribution in [1.82, 2.24) is 0 Å². The van der Waals surface area contributed by atoms with Crippen LogP contribution in [-0.4, -0.2) is 0 Å². The summed E-state index contributed by atoms with van der Waals surface area (Å²) in [6.45, 7) is 18.5. The molecule has 0 saturated heterocycles. The summed E-state index contributed by atoms with van der Waals surface area (Å²) in [5, 5.41) is 2.17. The van der Waals surface area contributed by atoms with Crippen molar-refractivity contribution in [1.29, 1.82) is 0 Å². The van der Waals surface area contributed by atoms with Gasteiger partial charge in [-0.3, -0.25) is 0 Å². The Morgan fingerprint density at radius 3 is 1.14 bits per heavy atom. The van der Waals surface area contributed by atoms with E-state index in [-0.39, 0.29) is 21.7 Å². The lowest BCUT2D eigenvalue weighted by Gasteiger charge is -2.40.